The molecule has 0 aromatic heterocycles. The number of nitrogens with one attached hydrogen (secondary N) is 1. The molecule has 0 fully saturated rings. The Morgan fingerprint density at radius 2 is 1.85 bits per heavy atom. The Bertz CT molecular complexity index is 641. The van der Waals surface area contributed by atoms with Crippen LogP contribution in [-0.2, 0) is 6.54 Å². The number of halogens is 4. The molecule has 2 rings (SSSR count). The van der Waals surface area contributed by atoms with Crippen molar-refractivity contribution in [1.29, 1.82) is 0 Å². The molecule has 0 radical (unpaired) electrons. The second kappa shape index (κ2) is 6.20. The van der Waals surface area contributed by atoms with E-state index < -0.39 is 17.5 Å². The second-order valence-corrected chi connectivity index (χ2v) is 4.83. The maximum absolute atomic E-state index is 13.5. The quantitative estimate of drug-likeness (QED) is 0.903. The van der Waals surface area contributed by atoms with Crippen molar-refractivity contribution < 1.29 is 13.6 Å². The highest BCUT2D eigenvalue weighted by molar-refractivity contribution is 6.34. The summed E-state index contributed by atoms with van der Waals surface area (Å²) < 4.78 is 26.4. The van der Waals surface area contributed by atoms with Crippen LogP contribution in [0.2, 0.25) is 10.0 Å². The summed E-state index contributed by atoms with van der Waals surface area (Å²) in [6.45, 7) is 0.0443. The van der Waals surface area contributed by atoms with Gasteiger partial charge in [0.05, 0.1) is 10.6 Å². The molecule has 2 aromatic rings. The molecule has 0 bridgehead atoms. The van der Waals surface area contributed by atoms with Gasteiger partial charge in [0.25, 0.3) is 5.91 Å². The zero-order valence-corrected chi connectivity index (χ0v) is 11.6. The highest BCUT2D eigenvalue weighted by Crippen LogP contribution is 2.20. The standard InChI is InChI=1S/C14H9Cl2F2NO/c15-10-2-1-3-12(18)13(10)14(20)19-7-8-4-5-9(17)6-11(8)16/h1-6H,7H2,(H,19,20). The lowest BCUT2D eigenvalue weighted by Gasteiger charge is -2.09. The summed E-state index contributed by atoms with van der Waals surface area (Å²) >= 11 is 11.6. The molecule has 1 N–H and O–H groups in total. The van der Waals surface area contributed by atoms with Gasteiger partial charge in [-0.15, -0.1) is 0 Å². The molecule has 1 amide bonds. The van der Waals surface area contributed by atoms with E-state index in [1.54, 1.807) is 0 Å². The Kier molecular flexibility index (Phi) is 4.57. The Balaban J connectivity index is 2.13. The molecule has 20 heavy (non-hydrogen) atoms. The van der Waals surface area contributed by atoms with E-state index in [1.165, 1.54) is 24.3 Å². The monoisotopic (exact) mass is 315 g/mol. The van der Waals surface area contributed by atoms with Crippen LogP contribution in [0.3, 0.4) is 0 Å². The molecule has 6 heteroatoms. The van der Waals surface area contributed by atoms with Gasteiger partial charge in [-0.25, -0.2) is 8.78 Å². The van der Waals surface area contributed by atoms with E-state index in [0.29, 0.717) is 5.56 Å². The predicted octanol–water partition coefficient (Wildman–Crippen LogP) is 4.20. The number of carbonyl (C=O) groups is 1. The SMILES string of the molecule is O=C(NCc1ccc(F)cc1Cl)c1c(F)cccc1Cl. The van der Waals surface area contributed by atoms with Crippen molar-refractivity contribution in [2.75, 3.05) is 0 Å². The van der Waals surface area contributed by atoms with Gasteiger partial charge < -0.3 is 5.32 Å². The topological polar surface area (TPSA) is 29.1 Å². The summed E-state index contributed by atoms with van der Waals surface area (Å²) in [5.74, 6) is -1.84. The van der Waals surface area contributed by atoms with Crippen LogP contribution in [0.5, 0.6) is 0 Å². The van der Waals surface area contributed by atoms with Crippen LogP contribution in [0.25, 0.3) is 0 Å². The molecular weight excluding hydrogens is 307 g/mol. The van der Waals surface area contributed by atoms with E-state index in [1.807, 2.05) is 0 Å². The highest BCUT2D eigenvalue weighted by atomic mass is 35.5. The normalized spacial score (nSPS) is 10.4. The van der Waals surface area contributed by atoms with E-state index in [9.17, 15) is 13.6 Å². The van der Waals surface area contributed by atoms with Crippen LogP contribution >= 0.6 is 23.2 Å². The summed E-state index contributed by atoms with van der Waals surface area (Å²) in [6, 6.07) is 7.78. The van der Waals surface area contributed by atoms with Crippen LogP contribution in [0.1, 0.15) is 15.9 Å². The fraction of sp³-hybridized carbons (Fsp3) is 0.0714. The summed E-state index contributed by atoms with van der Waals surface area (Å²) in [7, 11) is 0. The molecular formula is C14H9Cl2F2NO. The molecule has 0 saturated carbocycles. The third kappa shape index (κ3) is 3.26. The van der Waals surface area contributed by atoms with Crippen molar-refractivity contribution in [3.05, 3.63) is 69.2 Å². The van der Waals surface area contributed by atoms with Gasteiger partial charge in [0.1, 0.15) is 11.6 Å². The van der Waals surface area contributed by atoms with Gasteiger partial charge in [-0.2, -0.15) is 0 Å². The molecule has 0 spiro atoms. The average molecular weight is 316 g/mol. The van der Waals surface area contributed by atoms with E-state index >= 15 is 0 Å². The van der Waals surface area contributed by atoms with Crippen LogP contribution in [0, 0.1) is 11.6 Å². The van der Waals surface area contributed by atoms with E-state index in [2.05, 4.69) is 5.32 Å². The van der Waals surface area contributed by atoms with Crippen LogP contribution in [0.15, 0.2) is 36.4 Å². The molecule has 0 atom stereocenters. The Labute approximate surface area is 124 Å². The van der Waals surface area contributed by atoms with Gasteiger partial charge in [-0.05, 0) is 29.8 Å². The van der Waals surface area contributed by atoms with E-state index in [4.69, 9.17) is 23.2 Å². The van der Waals surface area contributed by atoms with Gasteiger partial charge >= 0.3 is 0 Å². The lowest BCUT2D eigenvalue weighted by Crippen LogP contribution is -2.24. The second-order valence-electron chi connectivity index (χ2n) is 4.02. The first-order valence-electron chi connectivity index (χ1n) is 5.65. The number of rotatable bonds is 3. The minimum atomic E-state index is -0.708. The largest absolute Gasteiger partial charge is 0.348 e. The molecule has 2 nitrogen and oxygen atoms in total. The molecule has 0 aliphatic carbocycles. The number of hydrogen-bond acceptors (Lipinski definition) is 1. The fourth-order valence-corrected chi connectivity index (χ4v) is 2.13. The van der Waals surface area contributed by atoms with Crippen molar-refractivity contribution in [2.24, 2.45) is 0 Å². The van der Waals surface area contributed by atoms with Crippen LogP contribution in [-0.4, -0.2) is 5.91 Å². The van der Waals surface area contributed by atoms with Crippen molar-refractivity contribution >= 4 is 29.1 Å². The zero-order chi connectivity index (χ0) is 14.7. The van der Waals surface area contributed by atoms with Gasteiger partial charge in [-0.3, -0.25) is 4.79 Å². The number of carbonyl (C=O) groups excluding carboxylic acids is 1. The van der Waals surface area contributed by atoms with Gasteiger partial charge in [0.2, 0.25) is 0 Å². The summed E-state index contributed by atoms with van der Waals surface area (Å²) in [5.41, 5.74) is 0.293. The molecule has 0 aliphatic rings. The van der Waals surface area contributed by atoms with Crippen LogP contribution in [0.4, 0.5) is 8.78 Å². The molecule has 0 heterocycles. The molecule has 0 aliphatic heterocycles. The first kappa shape index (κ1) is 14.8. The lowest BCUT2D eigenvalue weighted by molar-refractivity contribution is 0.0947. The number of amides is 1. The van der Waals surface area contributed by atoms with Crippen molar-refractivity contribution in [3.8, 4) is 0 Å². The van der Waals surface area contributed by atoms with Gasteiger partial charge in [-0.1, -0.05) is 35.3 Å². The average Bonchev–Trinajstić information content (AvgIpc) is 2.37. The number of hydrogen-bond donors (Lipinski definition) is 1. The first-order chi connectivity index (χ1) is 9.49. The minimum Gasteiger partial charge on any atom is -0.348 e. The first-order valence-corrected chi connectivity index (χ1v) is 6.41. The van der Waals surface area contributed by atoms with Crippen molar-refractivity contribution in [1.82, 2.24) is 5.32 Å². The van der Waals surface area contributed by atoms with E-state index in [-0.39, 0.29) is 22.2 Å². The number of benzene rings is 2. The van der Waals surface area contributed by atoms with Gasteiger partial charge in [0, 0.05) is 11.6 Å². The third-order valence-electron chi connectivity index (χ3n) is 2.64. The highest BCUT2D eigenvalue weighted by Gasteiger charge is 2.15. The fourth-order valence-electron chi connectivity index (χ4n) is 1.64. The summed E-state index contributed by atoms with van der Waals surface area (Å²) in [6.07, 6.45) is 0. The minimum absolute atomic E-state index is 0.0210. The predicted molar refractivity (Wildman–Crippen MR) is 74.0 cm³/mol. The third-order valence-corrected chi connectivity index (χ3v) is 3.31. The molecule has 2 aromatic carbocycles. The maximum Gasteiger partial charge on any atom is 0.256 e. The van der Waals surface area contributed by atoms with Crippen LogP contribution < -0.4 is 5.32 Å². The van der Waals surface area contributed by atoms with E-state index in [0.717, 1.165) is 12.1 Å². The Hall–Kier alpha value is -1.65. The summed E-state index contributed by atoms with van der Waals surface area (Å²) in [5, 5.41) is 2.69. The smallest absolute Gasteiger partial charge is 0.256 e. The molecule has 0 saturated heterocycles. The Morgan fingerprint density at radius 3 is 2.50 bits per heavy atom. The maximum atomic E-state index is 13.5. The Morgan fingerprint density at radius 1 is 1.10 bits per heavy atom. The van der Waals surface area contributed by atoms with Crippen molar-refractivity contribution in [2.45, 2.75) is 6.54 Å². The summed E-state index contributed by atoms with van der Waals surface area (Å²) in [4.78, 5) is 11.9. The van der Waals surface area contributed by atoms with Crippen molar-refractivity contribution in [3.63, 3.8) is 0 Å². The van der Waals surface area contributed by atoms with Gasteiger partial charge in [0.15, 0.2) is 0 Å². The zero-order valence-electron chi connectivity index (χ0n) is 10.1. The molecule has 104 valence electrons. The lowest BCUT2D eigenvalue weighted by atomic mass is 10.1. The molecule has 0 unspecified atom stereocenters.